The summed E-state index contributed by atoms with van der Waals surface area (Å²) in [4.78, 5) is 0. The Morgan fingerprint density at radius 1 is 1.17 bits per heavy atom. The number of benzene rings is 1. The molecule has 1 atom stereocenters. The van der Waals surface area contributed by atoms with E-state index in [0.717, 1.165) is 22.6 Å². The molecule has 2 aromatic rings. The minimum atomic E-state index is 0.0727. The molecule has 18 heavy (non-hydrogen) atoms. The summed E-state index contributed by atoms with van der Waals surface area (Å²) in [7, 11) is 5.17. The maximum absolute atomic E-state index is 5.31. The fourth-order valence-corrected chi connectivity index (χ4v) is 1.98. The van der Waals surface area contributed by atoms with E-state index >= 15 is 0 Å². The number of nitrogens with one attached hydrogen (secondary N) is 2. The number of hydrogen-bond acceptors (Lipinski definition) is 4. The summed E-state index contributed by atoms with van der Waals surface area (Å²) in [6.07, 6.45) is 3.68. The predicted molar refractivity (Wildman–Crippen MR) is 69.0 cm³/mol. The van der Waals surface area contributed by atoms with Crippen LogP contribution in [0.2, 0.25) is 0 Å². The molecule has 1 heterocycles. The van der Waals surface area contributed by atoms with Gasteiger partial charge in [-0.25, -0.2) is 0 Å². The standard InChI is InChI=1S/C13H17N3O2/c1-14-13(10-7-15-16-8-10)9-4-5-11(17-2)12(6-9)18-3/h4-8,13-14H,1-3H3,(H,15,16). The number of rotatable bonds is 5. The van der Waals surface area contributed by atoms with Gasteiger partial charge in [0.2, 0.25) is 0 Å². The van der Waals surface area contributed by atoms with Crippen LogP contribution in [0.15, 0.2) is 30.6 Å². The Kier molecular flexibility index (Phi) is 3.84. The third-order valence-electron chi connectivity index (χ3n) is 2.88. The second kappa shape index (κ2) is 5.55. The first-order valence-electron chi connectivity index (χ1n) is 5.68. The zero-order valence-electron chi connectivity index (χ0n) is 10.7. The molecule has 0 radical (unpaired) electrons. The first-order valence-corrected chi connectivity index (χ1v) is 5.68. The zero-order valence-corrected chi connectivity index (χ0v) is 10.7. The molecule has 0 saturated carbocycles. The van der Waals surface area contributed by atoms with Crippen LogP contribution >= 0.6 is 0 Å². The fraction of sp³-hybridized carbons (Fsp3) is 0.308. The highest BCUT2D eigenvalue weighted by Crippen LogP contribution is 2.31. The van der Waals surface area contributed by atoms with Crippen molar-refractivity contribution in [1.29, 1.82) is 0 Å². The Balaban J connectivity index is 2.37. The van der Waals surface area contributed by atoms with Gasteiger partial charge in [-0.1, -0.05) is 6.07 Å². The van der Waals surface area contributed by atoms with E-state index in [4.69, 9.17) is 9.47 Å². The number of hydrogen-bond donors (Lipinski definition) is 2. The van der Waals surface area contributed by atoms with Crippen molar-refractivity contribution < 1.29 is 9.47 Å². The number of ether oxygens (including phenoxy) is 2. The van der Waals surface area contributed by atoms with E-state index in [1.54, 1.807) is 20.4 Å². The molecule has 0 bridgehead atoms. The van der Waals surface area contributed by atoms with Gasteiger partial charge in [-0.15, -0.1) is 0 Å². The largest absolute Gasteiger partial charge is 0.493 e. The molecule has 1 unspecified atom stereocenters. The van der Waals surface area contributed by atoms with Crippen LogP contribution in [0.1, 0.15) is 17.2 Å². The van der Waals surface area contributed by atoms with Gasteiger partial charge in [0.05, 0.1) is 26.5 Å². The summed E-state index contributed by atoms with van der Waals surface area (Å²) >= 11 is 0. The third-order valence-corrected chi connectivity index (χ3v) is 2.88. The van der Waals surface area contributed by atoms with Crippen LogP contribution in [-0.4, -0.2) is 31.5 Å². The van der Waals surface area contributed by atoms with Crippen LogP contribution in [-0.2, 0) is 0 Å². The molecule has 0 aliphatic rings. The molecular formula is C13H17N3O2. The lowest BCUT2D eigenvalue weighted by Gasteiger charge is -2.17. The fourth-order valence-electron chi connectivity index (χ4n) is 1.98. The van der Waals surface area contributed by atoms with Gasteiger partial charge in [0.25, 0.3) is 0 Å². The number of aromatic amines is 1. The molecule has 0 fully saturated rings. The van der Waals surface area contributed by atoms with Gasteiger partial charge >= 0.3 is 0 Å². The predicted octanol–water partition coefficient (Wildman–Crippen LogP) is 1.74. The summed E-state index contributed by atoms with van der Waals surface area (Å²) in [6.45, 7) is 0. The SMILES string of the molecule is CNC(c1cn[nH]c1)c1ccc(OC)c(OC)c1. The molecule has 1 aromatic heterocycles. The van der Waals surface area contributed by atoms with E-state index < -0.39 is 0 Å². The van der Waals surface area contributed by atoms with Gasteiger partial charge in [0.15, 0.2) is 11.5 Å². The van der Waals surface area contributed by atoms with Crippen molar-refractivity contribution in [3.63, 3.8) is 0 Å². The highest BCUT2D eigenvalue weighted by molar-refractivity contribution is 5.45. The number of methoxy groups -OCH3 is 2. The summed E-state index contributed by atoms with van der Waals surface area (Å²) < 4.78 is 10.5. The van der Waals surface area contributed by atoms with Gasteiger partial charge in [0, 0.05) is 11.8 Å². The smallest absolute Gasteiger partial charge is 0.161 e. The summed E-state index contributed by atoms with van der Waals surface area (Å²) in [5.74, 6) is 1.45. The van der Waals surface area contributed by atoms with E-state index in [1.807, 2.05) is 31.4 Å². The quantitative estimate of drug-likeness (QED) is 0.845. The van der Waals surface area contributed by atoms with Crippen LogP contribution < -0.4 is 14.8 Å². The average Bonchev–Trinajstić information content (AvgIpc) is 2.93. The molecule has 0 saturated heterocycles. The maximum Gasteiger partial charge on any atom is 0.161 e. The lowest BCUT2D eigenvalue weighted by Crippen LogP contribution is -2.17. The number of H-pyrrole nitrogens is 1. The van der Waals surface area contributed by atoms with Crippen molar-refractivity contribution in [3.8, 4) is 11.5 Å². The monoisotopic (exact) mass is 247 g/mol. The second-order valence-corrected chi connectivity index (χ2v) is 3.87. The van der Waals surface area contributed by atoms with E-state index in [-0.39, 0.29) is 6.04 Å². The van der Waals surface area contributed by atoms with Crippen LogP contribution in [0.3, 0.4) is 0 Å². The van der Waals surface area contributed by atoms with Gasteiger partial charge < -0.3 is 14.8 Å². The van der Waals surface area contributed by atoms with Crippen LogP contribution in [0.25, 0.3) is 0 Å². The molecule has 96 valence electrons. The van der Waals surface area contributed by atoms with Crippen molar-refractivity contribution in [2.75, 3.05) is 21.3 Å². The normalized spacial score (nSPS) is 12.2. The number of nitrogens with zero attached hydrogens (tertiary/aromatic N) is 1. The molecule has 0 amide bonds. The van der Waals surface area contributed by atoms with Crippen molar-refractivity contribution in [2.45, 2.75) is 6.04 Å². The molecule has 5 nitrogen and oxygen atoms in total. The average molecular weight is 247 g/mol. The zero-order chi connectivity index (χ0) is 13.0. The molecule has 1 aromatic carbocycles. The van der Waals surface area contributed by atoms with Gasteiger partial charge in [-0.2, -0.15) is 5.10 Å². The minimum Gasteiger partial charge on any atom is -0.493 e. The molecular weight excluding hydrogens is 230 g/mol. The van der Waals surface area contributed by atoms with Crippen molar-refractivity contribution >= 4 is 0 Å². The summed E-state index contributed by atoms with van der Waals surface area (Å²) in [5.41, 5.74) is 2.17. The molecule has 5 heteroatoms. The number of aromatic nitrogens is 2. The van der Waals surface area contributed by atoms with Crippen LogP contribution in [0.5, 0.6) is 11.5 Å². The Bertz CT molecular complexity index is 497. The van der Waals surface area contributed by atoms with Crippen molar-refractivity contribution in [1.82, 2.24) is 15.5 Å². The topological polar surface area (TPSA) is 59.2 Å². The lowest BCUT2D eigenvalue weighted by atomic mass is 10.0. The Hall–Kier alpha value is -2.01. The molecule has 0 aliphatic carbocycles. The molecule has 2 N–H and O–H groups in total. The summed E-state index contributed by atoms with van der Waals surface area (Å²) in [6, 6.07) is 5.95. The Morgan fingerprint density at radius 2 is 1.94 bits per heavy atom. The first-order chi connectivity index (χ1) is 8.80. The highest BCUT2D eigenvalue weighted by atomic mass is 16.5. The molecule has 0 spiro atoms. The minimum absolute atomic E-state index is 0.0727. The van der Waals surface area contributed by atoms with Crippen molar-refractivity contribution in [2.24, 2.45) is 0 Å². The Labute approximate surface area is 106 Å². The van der Waals surface area contributed by atoms with Crippen LogP contribution in [0.4, 0.5) is 0 Å². The Morgan fingerprint density at radius 3 is 2.50 bits per heavy atom. The van der Waals surface area contributed by atoms with Crippen LogP contribution in [0, 0.1) is 0 Å². The van der Waals surface area contributed by atoms with E-state index in [9.17, 15) is 0 Å². The molecule has 0 aliphatic heterocycles. The van der Waals surface area contributed by atoms with Gasteiger partial charge in [-0.05, 0) is 24.7 Å². The second-order valence-electron chi connectivity index (χ2n) is 3.87. The maximum atomic E-state index is 5.31. The lowest BCUT2D eigenvalue weighted by molar-refractivity contribution is 0.354. The highest BCUT2D eigenvalue weighted by Gasteiger charge is 2.15. The molecule has 2 rings (SSSR count). The van der Waals surface area contributed by atoms with Gasteiger partial charge in [-0.3, -0.25) is 5.10 Å². The third kappa shape index (κ3) is 2.31. The first kappa shape index (κ1) is 12.4. The van der Waals surface area contributed by atoms with Crippen molar-refractivity contribution in [3.05, 3.63) is 41.7 Å². The summed E-state index contributed by atoms with van der Waals surface area (Å²) in [5, 5.41) is 10.0. The van der Waals surface area contributed by atoms with E-state index in [2.05, 4.69) is 15.5 Å². The van der Waals surface area contributed by atoms with Gasteiger partial charge in [0.1, 0.15) is 0 Å². The van der Waals surface area contributed by atoms with E-state index in [1.165, 1.54) is 0 Å². The van der Waals surface area contributed by atoms with E-state index in [0.29, 0.717) is 0 Å².